The third kappa shape index (κ3) is 4.05. The molecule has 0 bridgehead atoms. The van der Waals surface area contributed by atoms with Gasteiger partial charge in [0.25, 0.3) is 5.91 Å². The van der Waals surface area contributed by atoms with Crippen molar-refractivity contribution in [2.75, 3.05) is 27.9 Å². The lowest BCUT2D eigenvalue weighted by Gasteiger charge is -2.28. The molecule has 0 aliphatic rings. The first-order valence-corrected chi connectivity index (χ1v) is 7.60. The van der Waals surface area contributed by atoms with Gasteiger partial charge >= 0.3 is 0 Å². The maximum absolute atomic E-state index is 12.7. The Morgan fingerprint density at radius 1 is 1.21 bits per heavy atom. The van der Waals surface area contributed by atoms with Crippen LogP contribution in [0.4, 0.5) is 0 Å². The number of hydrogen-bond acceptors (Lipinski definition) is 5. The third-order valence-electron chi connectivity index (χ3n) is 3.73. The van der Waals surface area contributed by atoms with E-state index in [0.717, 1.165) is 5.56 Å². The molecule has 7 nitrogen and oxygen atoms in total. The van der Waals surface area contributed by atoms with Gasteiger partial charge in [-0.2, -0.15) is 5.10 Å². The summed E-state index contributed by atoms with van der Waals surface area (Å²) in [5, 5.41) is 6.56. The summed E-state index contributed by atoms with van der Waals surface area (Å²) in [7, 11) is 4.79. The standard InChI is InChI=1S/C17H23N3O4/c1-12(11-22-2)20(17(21)14-7-8-18-19-14)10-13-5-6-15(23-3)16(9-13)24-4/h5-9,12H,10-11H2,1-4H3,(H,18,19)/t12-/m1/s1. The predicted molar refractivity (Wildman–Crippen MR) is 89.3 cm³/mol. The average molecular weight is 333 g/mol. The molecule has 0 saturated carbocycles. The van der Waals surface area contributed by atoms with Crippen LogP contribution in [0.5, 0.6) is 11.5 Å². The summed E-state index contributed by atoms with van der Waals surface area (Å²) in [4.78, 5) is 14.5. The zero-order valence-electron chi connectivity index (χ0n) is 14.4. The number of aromatic amines is 1. The average Bonchev–Trinajstić information content (AvgIpc) is 3.13. The molecule has 0 unspecified atom stereocenters. The number of rotatable bonds is 8. The molecule has 1 aromatic carbocycles. The van der Waals surface area contributed by atoms with Crippen molar-refractivity contribution in [3.05, 3.63) is 41.7 Å². The van der Waals surface area contributed by atoms with Crippen LogP contribution < -0.4 is 9.47 Å². The molecular weight excluding hydrogens is 310 g/mol. The molecule has 0 radical (unpaired) electrons. The quantitative estimate of drug-likeness (QED) is 0.800. The molecule has 0 aliphatic carbocycles. The normalized spacial score (nSPS) is 11.8. The van der Waals surface area contributed by atoms with Crippen molar-refractivity contribution in [3.8, 4) is 11.5 Å². The molecule has 0 aliphatic heterocycles. The summed E-state index contributed by atoms with van der Waals surface area (Å²) in [6.45, 7) is 2.80. The number of amides is 1. The van der Waals surface area contributed by atoms with Gasteiger partial charge in [0, 0.05) is 19.9 Å². The summed E-state index contributed by atoms with van der Waals surface area (Å²) in [5.41, 5.74) is 1.38. The summed E-state index contributed by atoms with van der Waals surface area (Å²) in [6.07, 6.45) is 1.56. The van der Waals surface area contributed by atoms with Crippen LogP contribution in [0.15, 0.2) is 30.5 Å². The van der Waals surface area contributed by atoms with Gasteiger partial charge in [0.15, 0.2) is 11.5 Å². The summed E-state index contributed by atoms with van der Waals surface area (Å²) in [5.74, 6) is 1.15. The van der Waals surface area contributed by atoms with E-state index in [2.05, 4.69) is 10.2 Å². The molecule has 1 N–H and O–H groups in total. The fraction of sp³-hybridized carbons (Fsp3) is 0.412. The minimum Gasteiger partial charge on any atom is -0.493 e. The maximum atomic E-state index is 12.7. The monoisotopic (exact) mass is 333 g/mol. The van der Waals surface area contributed by atoms with Gasteiger partial charge in [0.1, 0.15) is 5.69 Å². The SMILES string of the molecule is COC[C@@H](C)N(Cc1ccc(OC)c(OC)c1)C(=O)c1ccn[nH]1. The fourth-order valence-electron chi connectivity index (χ4n) is 2.46. The maximum Gasteiger partial charge on any atom is 0.272 e. The topological polar surface area (TPSA) is 76.7 Å². The second-order valence-electron chi connectivity index (χ2n) is 5.40. The fourth-order valence-corrected chi connectivity index (χ4v) is 2.46. The lowest BCUT2D eigenvalue weighted by atomic mass is 10.1. The van der Waals surface area contributed by atoms with Crippen molar-refractivity contribution in [1.29, 1.82) is 0 Å². The molecule has 2 rings (SSSR count). The predicted octanol–water partition coefficient (Wildman–Crippen LogP) is 2.10. The van der Waals surface area contributed by atoms with Gasteiger partial charge in [-0.15, -0.1) is 0 Å². The third-order valence-corrected chi connectivity index (χ3v) is 3.73. The second-order valence-corrected chi connectivity index (χ2v) is 5.40. The van der Waals surface area contributed by atoms with E-state index in [4.69, 9.17) is 14.2 Å². The number of carbonyl (C=O) groups is 1. The Morgan fingerprint density at radius 2 is 1.96 bits per heavy atom. The number of aromatic nitrogens is 2. The van der Waals surface area contributed by atoms with Crippen molar-refractivity contribution < 1.29 is 19.0 Å². The van der Waals surface area contributed by atoms with Crippen LogP contribution in [0.1, 0.15) is 23.0 Å². The highest BCUT2D eigenvalue weighted by Gasteiger charge is 2.23. The lowest BCUT2D eigenvalue weighted by Crippen LogP contribution is -2.40. The molecule has 2 aromatic rings. The van der Waals surface area contributed by atoms with Crippen LogP contribution in [0, 0.1) is 0 Å². The molecule has 1 aromatic heterocycles. The van der Waals surface area contributed by atoms with Crippen LogP contribution in [0.2, 0.25) is 0 Å². The van der Waals surface area contributed by atoms with Gasteiger partial charge in [-0.1, -0.05) is 6.07 Å². The number of nitrogens with zero attached hydrogens (tertiary/aromatic N) is 2. The van der Waals surface area contributed by atoms with Crippen LogP contribution in [-0.4, -0.2) is 55.0 Å². The number of hydrogen-bond donors (Lipinski definition) is 1. The van der Waals surface area contributed by atoms with E-state index >= 15 is 0 Å². The molecule has 0 spiro atoms. The van der Waals surface area contributed by atoms with Crippen LogP contribution in [0.3, 0.4) is 0 Å². The van der Waals surface area contributed by atoms with Crippen LogP contribution in [0.25, 0.3) is 0 Å². The highest BCUT2D eigenvalue weighted by molar-refractivity contribution is 5.92. The number of nitrogens with one attached hydrogen (secondary N) is 1. The minimum absolute atomic E-state index is 0.0982. The molecule has 24 heavy (non-hydrogen) atoms. The van der Waals surface area contributed by atoms with Gasteiger partial charge in [-0.25, -0.2) is 0 Å². The first-order chi connectivity index (χ1) is 11.6. The zero-order valence-corrected chi connectivity index (χ0v) is 14.4. The Kier molecular flexibility index (Phi) is 6.20. The van der Waals surface area contributed by atoms with Gasteiger partial charge in [-0.05, 0) is 30.7 Å². The Balaban J connectivity index is 2.26. The van der Waals surface area contributed by atoms with Gasteiger partial charge in [-0.3, -0.25) is 9.89 Å². The summed E-state index contributed by atoms with van der Waals surface area (Å²) in [6, 6.07) is 7.16. The first kappa shape index (κ1) is 17.8. The smallest absolute Gasteiger partial charge is 0.272 e. The second kappa shape index (κ2) is 8.35. The molecule has 1 atom stereocenters. The Bertz CT molecular complexity index is 658. The van der Waals surface area contributed by atoms with E-state index < -0.39 is 0 Å². The van der Waals surface area contributed by atoms with Crippen molar-refractivity contribution in [1.82, 2.24) is 15.1 Å². The number of H-pyrrole nitrogens is 1. The number of carbonyl (C=O) groups excluding carboxylic acids is 1. The van der Waals surface area contributed by atoms with Gasteiger partial charge in [0.2, 0.25) is 0 Å². The van der Waals surface area contributed by atoms with Gasteiger partial charge < -0.3 is 19.1 Å². The lowest BCUT2D eigenvalue weighted by molar-refractivity contribution is 0.0536. The van der Waals surface area contributed by atoms with Gasteiger partial charge in [0.05, 0.1) is 26.9 Å². The van der Waals surface area contributed by atoms with Crippen molar-refractivity contribution in [2.24, 2.45) is 0 Å². The molecule has 0 fully saturated rings. The van der Waals surface area contributed by atoms with Crippen LogP contribution >= 0.6 is 0 Å². The number of benzene rings is 1. The van der Waals surface area contributed by atoms with E-state index in [1.165, 1.54) is 0 Å². The van der Waals surface area contributed by atoms with E-state index in [1.54, 1.807) is 38.5 Å². The minimum atomic E-state index is -0.133. The summed E-state index contributed by atoms with van der Waals surface area (Å²) >= 11 is 0. The highest BCUT2D eigenvalue weighted by Crippen LogP contribution is 2.28. The Labute approximate surface area is 141 Å². The van der Waals surface area contributed by atoms with E-state index in [0.29, 0.717) is 30.3 Å². The summed E-state index contributed by atoms with van der Waals surface area (Å²) < 4.78 is 15.8. The van der Waals surface area contributed by atoms with E-state index in [-0.39, 0.29) is 11.9 Å². The van der Waals surface area contributed by atoms with Crippen molar-refractivity contribution >= 4 is 5.91 Å². The van der Waals surface area contributed by atoms with E-state index in [9.17, 15) is 4.79 Å². The van der Waals surface area contributed by atoms with E-state index in [1.807, 2.05) is 25.1 Å². The molecule has 7 heteroatoms. The first-order valence-electron chi connectivity index (χ1n) is 7.60. The molecule has 1 heterocycles. The zero-order chi connectivity index (χ0) is 17.5. The number of ether oxygens (including phenoxy) is 3. The van der Waals surface area contributed by atoms with Crippen molar-refractivity contribution in [2.45, 2.75) is 19.5 Å². The molecule has 1 amide bonds. The largest absolute Gasteiger partial charge is 0.493 e. The Hall–Kier alpha value is -2.54. The molecular formula is C17H23N3O4. The molecule has 0 saturated heterocycles. The number of methoxy groups -OCH3 is 3. The van der Waals surface area contributed by atoms with Crippen molar-refractivity contribution in [3.63, 3.8) is 0 Å². The Morgan fingerprint density at radius 3 is 2.54 bits per heavy atom. The van der Waals surface area contributed by atoms with Crippen LogP contribution in [-0.2, 0) is 11.3 Å². The highest BCUT2D eigenvalue weighted by atomic mass is 16.5. The molecule has 130 valence electrons.